The Morgan fingerprint density at radius 2 is 1.34 bits per heavy atom. The van der Waals surface area contributed by atoms with Gasteiger partial charge in [0.2, 0.25) is 23.6 Å². The molecule has 0 radical (unpaired) electrons. The van der Waals surface area contributed by atoms with Crippen LogP contribution in [0.4, 0.5) is 0 Å². The number of nitrogens with two attached hydrogens (primary N) is 2. The monoisotopic (exact) mass is 542 g/mol. The Labute approximate surface area is 222 Å². The fraction of sp³-hybridized carbons (Fsp3) is 0.750. The Balaban J connectivity index is 3.01. The molecule has 216 valence electrons. The zero-order valence-corrected chi connectivity index (χ0v) is 21.9. The quantitative estimate of drug-likeness (QED) is 0.101. The fourth-order valence-corrected chi connectivity index (χ4v) is 4.28. The number of carboxylic acid groups (broad SMARTS) is 2. The Bertz CT molecular complexity index is 839. The molecule has 0 aromatic rings. The largest absolute Gasteiger partial charge is 0.481 e. The minimum atomic E-state index is -1.34. The molecule has 14 nitrogen and oxygen atoms in total. The van der Waals surface area contributed by atoms with E-state index >= 15 is 0 Å². The molecule has 0 aromatic carbocycles. The van der Waals surface area contributed by atoms with Crippen molar-refractivity contribution in [3.63, 3.8) is 0 Å². The lowest BCUT2D eigenvalue weighted by Gasteiger charge is -2.27. The maximum atomic E-state index is 13.2. The highest BCUT2D eigenvalue weighted by Gasteiger charge is 2.35. The van der Waals surface area contributed by atoms with Gasteiger partial charge in [-0.3, -0.25) is 24.0 Å². The number of unbranched alkanes of at least 4 members (excludes halogenated alkanes) is 2. The lowest BCUT2D eigenvalue weighted by Crippen LogP contribution is -2.57. The normalized spacial score (nSPS) is 17.2. The van der Waals surface area contributed by atoms with E-state index in [1.165, 1.54) is 11.8 Å². The molecule has 1 aliphatic rings. The molecule has 1 saturated heterocycles. The zero-order chi connectivity index (χ0) is 28.7. The number of nitrogens with one attached hydrogen (secondary N) is 3. The summed E-state index contributed by atoms with van der Waals surface area (Å²) in [6.45, 7) is 2.53. The van der Waals surface area contributed by atoms with Crippen LogP contribution in [0.3, 0.4) is 0 Å². The molecule has 0 saturated carbocycles. The van der Waals surface area contributed by atoms with Crippen LogP contribution in [-0.2, 0) is 28.8 Å². The molecule has 9 N–H and O–H groups in total. The van der Waals surface area contributed by atoms with Crippen LogP contribution in [0.2, 0.25) is 0 Å². The van der Waals surface area contributed by atoms with Gasteiger partial charge >= 0.3 is 11.9 Å². The summed E-state index contributed by atoms with van der Waals surface area (Å²) >= 11 is 0. The van der Waals surface area contributed by atoms with Gasteiger partial charge < -0.3 is 42.5 Å². The Hall–Kier alpha value is -3.26. The SMILES string of the molecule is CC(=O)N1CCC[C@H]1C(=O)N[C@@H](CCCCN)C(=O)N[C@@H](CCC(=O)O)C(=O)N[C@@H](CCCCN)C(=O)O. The summed E-state index contributed by atoms with van der Waals surface area (Å²) in [4.78, 5) is 75.1. The van der Waals surface area contributed by atoms with Crippen molar-refractivity contribution in [3.8, 4) is 0 Å². The minimum absolute atomic E-state index is 0.115. The molecule has 1 rings (SSSR count). The second kappa shape index (κ2) is 17.3. The molecule has 0 aromatic heterocycles. The number of hydrogen-bond donors (Lipinski definition) is 7. The van der Waals surface area contributed by atoms with Crippen LogP contribution in [-0.4, -0.2) is 94.5 Å². The molecular formula is C24H42N6O8. The minimum Gasteiger partial charge on any atom is -0.481 e. The molecule has 0 aliphatic carbocycles. The highest BCUT2D eigenvalue weighted by molar-refractivity contribution is 5.95. The number of aliphatic carboxylic acids is 2. The zero-order valence-electron chi connectivity index (χ0n) is 21.9. The highest BCUT2D eigenvalue weighted by Crippen LogP contribution is 2.18. The molecule has 1 aliphatic heterocycles. The van der Waals surface area contributed by atoms with Gasteiger partial charge in [0.15, 0.2) is 0 Å². The van der Waals surface area contributed by atoms with E-state index in [0.717, 1.165) is 0 Å². The van der Waals surface area contributed by atoms with E-state index in [0.29, 0.717) is 58.2 Å². The number of carbonyl (C=O) groups excluding carboxylic acids is 4. The van der Waals surface area contributed by atoms with E-state index in [4.69, 9.17) is 16.6 Å². The number of likely N-dealkylation sites (tertiary alicyclic amines) is 1. The molecule has 0 spiro atoms. The number of hydrogen-bond acceptors (Lipinski definition) is 8. The smallest absolute Gasteiger partial charge is 0.326 e. The van der Waals surface area contributed by atoms with Crippen LogP contribution in [0.25, 0.3) is 0 Å². The van der Waals surface area contributed by atoms with Crippen molar-refractivity contribution in [2.24, 2.45) is 11.5 Å². The fourth-order valence-electron chi connectivity index (χ4n) is 4.28. The topological polar surface area (TPSA) is 234 Å². The summed E-state index contributed by atoms with van der Waals surface area (Å²) in [5.41, 5.74) is 11.0. The molecule has 1 heterocycles. The average Bonchev–Trinajstić information content (AvgIpc) is 3.35. The van der Waals surface area contributed by atoms with Crippen LogP contribution in [0.5, 0.6) is 0 Å². The first kappa shape index (κ1) is 32.8. The molecule has 4 atom stereocenters. The van der Waals surface area contributed by atoms with Crippen molar-refractivity contribution < 1.29 is 39.0 Å². The third-order valence-electron chi connectivity index (χ3n) is 6.38. The molecule has 0 unspecified atom stereocenters. The molecule has 14 heteroatoms. The summed E-state index contributed by atoms with van der Waals surface area (Å²) < 4.78 is 0. The number of rotatable bonds is 18. The van der Waals surface area contributed by atoms with E-state index in [2.05, 4.69) is 16.0 Å². The van der Waals surface area contributed by atoms with Crippen LogP contribution >= 0.6 is 0 Å². The van der Waals surface area contributed by atoms with Gasteiger partial charge in [0, 0.05) is 19.9 Å². The summed E-state index contributed by atoms with van der Waals surface area (Å²) in [6, 6.07) is -4.36. The first-order valence-corrected chi connectivity index (χ1v) is 13.0. The molecule has 1 fully saturated rings. The van der Waals surface area contributed by atoms with Crippen LogP contribution in [0, 0.1) is 0 Å². The standard InChI is InChI=1S/C24H42N6O8/c1-15(31)30-14-6-9-19(30)23(36)28-16(7-2-4-12-25)21(34)27-17(10-11-20(32)33)22(35)29-18(24(37)38)8-3-5-13-26/h16-19H,2-14,25-26H2,1H3,(H,27,34)(H,28,36)(H,29,35)(H,32,33)(H,37,38)/t16-,17-,18-,19-/m0/s1. The third-order valence-corrected chi connectivity index (χ3v) is 6.38. The Morgan fingerprint density at radius 3 is 1.84 bits per heavy atom. The lowest BCUT2D eigenvalue weighted by atomic mass is 10.0. The maximum absolute atomic E-state index is 13.2. The van der Waals surface area contributed by atoms with Crippen molar-refractivity contribution in [2.45, 2.75) is 95.3 Å². The number of carboxylic acids is 2. The summed E-state index contributed by atoms with van der Waals surface area (Å²) in [5, 5.41) is 26.1. The average molecular weight is 543 g/mol. The predicted octanol–water partition coefficient (Wildman–Crippen LogP) is -1.34. The third kappa shape index (κ3) is 11.4. The predicted molar refractivity (Wildman–Crippen MR) is 137 cm³/mol. The second-order valence-electron chi connectivity index (χ2n) is 9.39. The number of carbonyl (C=O) groups is 6. The van der Waals surface area contributed by atoms with Gasteiger partial charge in [-0.1, -0.05) is 0 Å². The van der Waals surface area contributed by atoms with Gasteiger partial charge in [0.1, 0.15) is 24.2 Å². The van der Waals surface area contributed by atoms with Gasteiger partial charge in [-0.05, 0) is 70.9 Å². The first-order valence-electron chi connectivity index (χ1n) is 13.0. The maximum Gasteiger partial charge on any atom is 0.326 e. The van der Waals surface area contributed by atoms with Crippen molar-refractivity contribution in [3.05, 3.63) is 0 Å². The highest BCUT2D eigenvalue weighted by atomic mass is 16.4. The molecular weight excluding hydrogens is 500 g/mol. The van der Waals surface area contributed by atoms with E-state index in [1.54, 1.807) is 0 Å². The van der Waals surface area contributed by atoms with Crippen LogP contribution < -0.4 is 27.4 Å². The molecule has 0 bridgehead atoms. The van der Waals surface area contributed by atoms with E-state index in [-0.39, 0.29) is 25.2 Å². The second-order valence-corrected chi connectivity index (χ2v) is 9.39. The van der Waals surface area contributed by atoms with Crippen molar-refractivity contribution in [1.82, 2.24) is 20.9 Å². The molecule has 4 amide bonds. The first-order chi connectivity index (χ1) is 18.0. The summed E-state index contributed by atoms with van der Waals surface area (Å²) in [6.07, 6.45) is 2.75. The van der Waals surface area contributed by atoms with Gasteiger partial charge in [-0.15, -0.1) is 0 Å². The van der Waals surface area contributed by atoms with Crippen molar-refractivity contribution in [1.29, 1.82) is 0 Å². The van der Waals surface area contributed by atoms with Gasteiger partial charge in [-0.25, -0.2) is 4.79 Å². The van der Waals surface area contributed by atoms with Gasteiger partial charge in [0.25, 0.3) is 0 Å². The Kier molecular flexibility index (Phi) is 14.9. The summed E-state index contributed by atoms with van der Waals surface area (Å²) in [5.74, 6) is -4.78. The summed E-state index contributed by atoms with van der Waals surface area (Å²) in [7, 11) is 0. The number of amides is 4. The lowest BCUT2D eigenvalue weighted by molar-refractivity contribution is -0.143. The van der Waals surface area contributed by atoms with Gasteiger partial charge in [0.05, 0.1) is 0 Å². The Morgan fingerprint density at radius 1 is 0.816 bits per heavy atom. The number of nitrogens with zero attached hydrogens (tertiary/aromatic N) is 1. The van der Waals surface area contributed by atoms with E-state index in [9.17, 15) is 33.9 Å². The van der Waals surface area contributed by atoms with E-state index < -0.39 is 60.2 Å². The molecule has 38 heavy (non-hydrogen) atoms. The van der Waals surface area contributed by atoms with E-state index in [1.807, 2.05) is 0 Å². The van der Waals surface area contributed by atoms with Crippen molar-refractivity contribution in [2.75, 3.05) is 19.6 Å². The van der Waals surface area contributed by atoms with Crippen molar-refractivity contribution >= 4 is 35.6 Å². The van der Waals surface area contributed by atoms with Crippen LogP contribution in [0.15, 0.2) is 0 Å². The van der Waals surface area contributed by atoms with Crippen LogP contribution in [0.1, 0.15) is 71.1 Å². The van der Waals surface area contributed by atoms with Gasteiger partial charge in [-0.2, -0.15) is 0 Å².